The zero-order valence-corrected chi connectivity index (χ0v) is 16.0. The van der Waals surface area contributed by atoms with Crippen LogP contribution in [0.5, 0.6) is 0 Å². The number of allylic oxidation sites excluding steroid dienone is 4. The molecule has 4 aliphatic rings. The van der Waals surface area contributed by atoms with Crippen LogP contribution in [0.3, 0.4) is 0 Å². The number of ketones is 2. The molecule has 0 aromatic heterocycles. The molecule has 142 valence electrons. The summed E-state index contributed by atoms with van der Waals surface area (Å²) in [6.07, 6.45) is 8.70. The second kappa shape index (κ2) is 5.62. The van der Waals surface area contributed by atoms with E-state index in [2.05, 4.69) is 6.92 Å². The monoisotopic (exact) mass is 358 g/mol. The SMILES string of the molecule is CCC(=O)[C@@]1(O)CCC2C3CCC4=CC(=O)C=CC4(C)C3C(O)CC21C. The standard InChI is InChI=1S/C22H30O4/c1-4-18(25)22(26)10-8-16-15-6-5-13-11-14(23)7-9-20(13,2)19(15)17(24)12-21(16,22)3/h7,9,11,15-17,19,24,26H,4-6,8,10,12H2,1-3H3/t15?,16?,17?,19?,20?,21?,22-/m0/s1. The number of fused-ring (bicyclic) bond motifs is 5. The molecule has 4 rings (SSSR count). The van der Waals surface area contributed by atoms with Gasteiger partial charge in [-0.05, 0) is 56.1 Å². The van der Waals surface area contributed by atoms with Crippen molar-refractivity contribution in [2.45, 2.75) is 71.0 Å². The van der Waals surface area contributed by atoms with Crippen LogP contribution in [0.2, 0.25) is 0 Å². The summed E-state index contributed by atoms with van der Waals surface area (Å²) in [6.45, 7) is 5.97. The van der Waals surface area contributed by atoms with Gasteiger partial charge in [0.05, 0.1) is 6.10 Å². The van der Waals surface area contributed by atoms with Gasteiger partial charge in [-0.25, -0.2) is 0 Å². The number of hydrogen-bond donors (Lipinski definition) is 2. The zero-order valence-electron chi connectivity index (χ0n) is 16.0. The molecule has 4 heteroatoms. The van der Waals surface area contributed by atoms with Crippen molar-refractivity contribution in [1.29, 1.82) is 0 Å². The minimum absolute atomic E-state index is 0.0369. The Hall–Kier alpha value is -1.26. The molecule has 0 aromatic rings. The van der Waals surface area contributed by atoms with Crippen LogP contribution in [-0.4, -0.2) is 33.5 Å². The Morgan fingerprint density at radius 1 is 1.31 bits per heavy atom. The van der Waals surface area contributed by atoms with E-state index in [-0.39, 0.29) is 34.7 Å². The van der Waals surface area contributed by atoms with E-state index < -0.39 is 17.1 Å². The van der Waals surface area contributed by atoms with Crippen LogP contribution < -0.4 is 0 Å². The van der Waals surface area contributed by atoms with E-state index in [4.69, 9.17) is 0 Å². The minimum Gasteiger partial charge on any atom is -0.393 e. The van der Waals surface area contributed by atoms with Crippen molar-refractivity contribution in [2.75, 3.05) is 0 Å². The van der Waals surface area contributed by atoms with E-state index in [0.29, 0.717) is 19.3 Å². The molecule has 4 aliphatic carbocycles. The molecule has 0 radical (unpaired) electrons. The Kier molecular flexibility index (Phi) is 3.92. The van der Waals surface area contributed by atoms with E-state index in [0.717, 1.165) is 24.8 Å². The molecule has 0 aliphatic heterocycles. The first kappa shape index (κ1) is 18.1. The van der Waals surface area contributed by atoms with E-state index >= 15 is 0 Å². The number of aliphatic hydroxyl groups is 2. The van der Waals surface area contributed by atoms with E-state index in [1.165, 1.54) is 0 Å². The van der Waals surface area contributed by atoms with Crippen molar-refractivity contribution >= 4 is 11.6 Å². The Morgan fingerprint density at radius 3 is 2.73 bits per heavy atom. The fourth-order valence-electron chi connectivity index (χ4n) is 7.08. The maximum atomic E-state index is 12.6. The van der Waals surface area contributed by atoms with Gasteiger partial charge in [0.15, 0.2) is 11.6 Å². The number of rotatable bonds is 2. The molecule has 4 nitrogen and oxygen atoms in total. The minimum atomic E-state index is -1.31. The smallest absolute Gasteiger partial charge is 0.178 e. The zero-order chi connectivity index (χ0) is 18.9. The van der Waals surface area contributed by atoms with Crippen molar-refractivity contribution < 1.29 is 19.8 Å². The van der Waals surface area contributed by atoms with Crippen LogP contribution in [0.1, 0.15) is 59.3 Å². The molecule has 0 saturated heterocycles. The summed E-state index contributed by atoms with van der Waals surface area (Å²) < 4.78 is 0. The van der Waals surface area contributed by atoms with Gasteiger partial charge in [-0.2, -0.15) is 0 Å². The Labute approximate surface area is 155 Å². The summed E-state index contributed by atoms with van der Waals surface area (Å²) in [6, 6.07) is 0. The highest BCUT2D eigenvalue weighted by Gasteiger charge is 2.67. The van der Waals surface area contributed by atoms with E-state index in [1.807, 2.05) is 19.9 Å². The molecule has 0 bridgehead atoms. The quantitative estimate of drug-likeness (QED) is 0.796. The van der Waals surface area contributed by atoms with Crippen LogP contribution in [0.4, 0.5) is 0 Å². The lowest BCUT2D eigenvalue weighted by atomic mass is 9.46. The van der Waals surface area contributed by atoms with E-state index in [9.17, 15) is 19.8 Å². The Morgan fingerprint density at radius 2 is 2.04 bits per heavy atom. The molecule has 0 heterocycles. The highest BCUT2D eigenvalue weighted by atomic mass is 16.3. The lowest BCUT2D eigenvalue weighted by molar-refractivity contribution is -0.176. The molecule has 2 N–H and O–H groups in total. The van der Waals surface area contributed by atoms with Gasteiger partial charge in [0, 0.05) is 23.2 Å². The highest BCUT2D eigenvalue weighted by Crippen LogP contribution is 2.67. The van der Waals surface area contributed by atoms with Gasteiger partial charge in [0.25, 0.3) is 0 Å². The summed E-state index contributed by atoms with van der Waals surface area (Å²) in [5, 5.41) is 22.5. The van der Waals surface area contributed by atoms with Crippen LogP contribution in [0.15, 0.2) is 23.8 Å². The number of carbonyl (C=O) groups excluding carboxylic acids is 2. The second-order valence-electron chi connectivity index (χ2n) is 9.39. The first-order chi connectivity index (χ1) is 12.2. The molecular weight excluding hydrogens is 328 g/mol. The number of hydrogen-bond acceptors (Lipinski definition) is 4. The first-order valence-electron chi connectivity index (χ1n) is 10.1. The topological polar surface area (TPSA) is 74.6 Å². The third-order valence-electron chi connectivity index (χ3n) is 8.43. The van der Waals surface area contributed by atoms with Crippen molar-refractivity contribution in [3.05, 3.63) is 23.8 Å². The van der Waals surface area contributed by atoms with Gasteiger partial charge in [-0.3, -0.25) is 9.59 Å². The molecule has 7 atom stereocenters. The van der Waals surface area contributed by atoms with Gasteiger partial charge in [0.2, 0.25) is 0 Å². The van der Waals surface area contributed by atoms with Crippen LogP contribution in [0, 0.1) is 28.6 Å². The van der Waals surface area contributed by atoms with Gasteiger partial charge in [-0.1, -0.05) is 32.4 Å². The fourth-order valence-corrected chi connectivity index (χ4v) is 7.08. The molecular formula is C22H30O4. The number of carbonyl (C=O) groups is 2. The lowest BCUT2D eigenvalue weighted by Gasteiger charge is -2.59. The van der Waals surface area contributed by atoms with Gasteiger partial charge in [-0.15, -0.1) is 0 Å². The fraction of sp³-hybridized carbons (Fsp3) is 0.727. The van der Waals surface area contributed by atoms with Crippen LogP contribution in [0.25, 0.3) is 0 Å². The van der Waals surface area contributed by atoms with Crippen LogP contribution >= 0.6 is 0 Å². The predicted octanol–water partition coefficient (Wildman–Crippen LogP) is 2.98. The molecule has 0 spiro atoms. The van der Waals surface area contributed by atoms with Gasteiger partial charge in [0.1, 0.15) is 5.60 Å². The summed E-state index contributed by atoms with van der Waals surface area (Å²) >= 11 is 0. The van der Waals surface area contributed by atoms with Crippen molar-refractivity contribution in [3.8, 4) is 0 Å². The third-order valence-corrected chi connectivity index (χ3v) is 8.43. The lowest BCUT2D eigenvalue weighted by Crippen LogP contribution is -2.61. The average Bonchev–Trinajstić information content (AvgIpc) is 2.86. The van der Waals surface area contributed by atoms with Crippen molar-refractivity contribution in [2.24, 2.45) is 28.6 Å². The summed E-state index contributed by atoms with van der Waals surface area (Å²) in [5.74, 6) is 0.501. The molecule has 6 unspecified atom stereocenters. The summed E-state index contributed by atoms with van der Waals surface area (Å²) in [4.78, 5) is 24.4. The van der Waals surface area contributed by atoms with Gasteiger partial charge >= 0.3 is 0 Å². The van der Waals surface area contributed by atoms with Crippen molar-refractivity contribution in [3.63, 3.8) is 0 Å². The average molecular weight is 358 g/mol. The van der Waals surface area contributed by atoms with E-state index in [1.54, 1.807) is 12.2 Å². The highest BCUT2D eigenvalue weighted by molar-refractivity contribution is 6.01. The molecule has 0 aromatic carbocycles. The molecule has 3 saturated carbocycles. The number of aliphatic hydroxyl groups excluding tert-OH is 1. The molecule has 26 heavy (non-hydrogen) atoms. The normalized spacial score (nSPS) is 49.9. The molecule has 0 amide bonds. The summed E-state index contributed by atoms with van der Waals surface area (Å²) in [5.41, 5.74) is -1.04. The Balaban J connectivity index is 1.75. The molecule has 3 fully saturated rings. The maximum Gasteiger partial charge on any atom is 0.178 e. The first-order valence-corrected chi connectivity index (χ1v) is 10.1. The van der Waals surface area contributed by atoms with Gasteiger partial charge < -0.3 is 10.2 Å². The third kappa shape index (κ3) is 2.09. The Bertz CT molecular complexity index is 722. The summed E-state index contributed by atoms with van der Waals surface area (Å²) in [7, 11) is 0. The maximum absolute atomic E-state index is 12.6. The largest absolute Gasteiger partial charge is 0.393 e. The number of Topliss-reactive ketones (excluding diaryl/α,β-unsaturated/α-hetero) is 1. The van der Waals surface area contributed by atoms with Crippen LogP contribution in [-0.2, 0) is 9.59 Å². The second-order valence-corrected chi connectivity index (χ2v) is 9.39. The predicted molar refractivity (Wildman–Crippen MR) is 98.3 cm³/mol. The van der Waals surface area contributed by atoms with Crippen molar-refractivity contribution in [1.82, 2.24) is 0 Å².